The molecule has 0 radical (unpaired) electrons. The van der Waals surface area contributed by atoms with Crippen LogP contribution in [-0.4, -0.2) is 36.3 Å². The molecule has 2 heterocycles. The van der Waals surface area contributed by atoms with Crippen molar-refractivity contribution in [3.05, 3.63) is 17.3 Å². The van der Waals surface area contributed by atoms with Crippen molar-refractivity contribution in [2.45, 2.75) is 13.0 Å². The highest BCUT2D eigenvalue weighted by Gasteiger charge is 2.12. The predicted molar refractivity (Wildman–Crippen MR) is 70.5 cm³/mol. The second kappa shape index (κ2) is 5.39. The standard InChI is InChI=1S/C11H16N4OS/c1-7-5-17-10-9(7)13-6-14-11(10)15-8(3-12)4-16-2/h5-6,8H,3-4,12H2,1-2H3,(H,13,14,15). The van der Waals surface area contributed by atoms with E-state index in [1.807, 2.05) is 6.92 Å². The van der Waals surface area contributed by atoms with Crippen molar-refractivity contribution in [3.8, 4) is 0 Å². The first-order valence-electron chi connectivity index (χ1n) is 5.40. The van der Waals surface area contributed by atoms with Crippen LogP contribution in [0.2, 0.25) is 0 Å². The zero-order valence-corrected chi connectivity index (χ0v) is 10.8. The van der Waals surface area contributed by atoms with Crippen molar-refractivity contribution >= 4 is 27.4 Å². The Morgan fingerprint density at radius 2 is 2.35 bits per heavy atom. The number of nitrogens with zero attached hydrogens (tertiary/aromatic N) is 2. The van der Waals surface area contributed by atoms with Crippen molar-refractivity contribution in [1.82, 2.24) is 9.97 Å². The van der Waals surface area contributed by atoms with Gasteiger partial charge in [-0.2, -0.15) is 0 Å². The van der Waals surface area contributed by atoms with Crippen LogP contribution >= 0.6 is 11.3 Å². The average molecular weight is 252 g/mol. The molecule has 0 bridgehead atoms. The first-order valence-corrected chi connectivity index (χ1v) is 6.28. The molecule has 0 fully saturated rings. The summed E-state index contributed by atoms with van der Waals surface area (Å²) in [5, 5.41) is 5.38. The number of fused-ring (bicyclic) bond motifs is 1. The molecule has 17 heavy (non-hydrogen) atoms. The molecular weight excluding hydrogens is 236 g/mol. The number of hydrogen-bond acceptors (Lipinski definition) is 6. The molecule has 0 aliphatic rings. The van der Waals surface area contributed by atoms with E-state index >= 15 is 0 Å². The van der Waals surface area contributed by atoms with Crippen LogP contribution in [0.15, 0.2) is 11.7 Å². The first kappa shape index (κ1) is 12.2. The lowest BCUT2D eigenvalue weighted by molar-refractivity contribution is 0.187. The second-order valence-electron chi connectivity index (χ2n) is 3.85. The molecule has 3 N–H and O–H groups in total. The van der Waals surface area contributed by atoms with Crippen LogP contribution in [0.1, 0.15) is 5.56 Å². The molecular formula is C11H16N4OS. The third kappa shape index (κ3) is 2.54. The Morgan fingerprint density at radius 3 is 3.06 bits per heavy atom. The molecule has 2 aromatic heterocycles. The van der Waals surface area contributed by atoms with Gasteiger partial charge in [0.05, 0.1) is 22.9 Å². The van der Waals surface area contributed by atoms with Gasteiger partial charge in [0.2, 0.25) is 0 Å². The highest BCUT2D eigenvalue weighted by atomic mass is 32.1. The zero-order valence-electron chi connectivity index (χ0n) is 9.93. The SMILES string of the molecule is COCC(CN)Nc1ncnc2c(C)csc12. The number of thiophene rings is 1. The van der Waals surface area contributed by atoms with Gasteiger partial charge in [0.25, 0.3) is 0 Å². The van der Waals surface area contributed by atoms with Crippen LogP contribution in [0.4, 0.5) is 5.82 Å². The number of aryl methyl sites for hydroxylation is 1. The van der Waals surface area contributed by atoms with Gasteiger partial charge in [-0.25, -0.2) is 9.97 Å². The first-order chi connectivity index (χ1) is 8.26. The molecule has 5 nitrogen and oxygen atoms in total. The van der Waals surface area contributed by atoms with Crippen LogP contribution in [0, 0.1) is 6.92 Å². The summed E-state index contributed by atoms with van der Waals surface area (Å²) in [7, 11) is 1.66. The van der Waals surface area contributed by atoms with Gasteiger partial charge in [0.15, 0.2) is 0 Å². The molecule has 0 aliphatic heterocycles. The second-order valence-corrected chi connectivity index (χ2v) is 4.73. The summed E-state index contributed by atoms with van der Waals surface area (Å²) >= 11 is 1.64. The highest BCUT2D eigenvalue weighted by Crippen LogP contribution is 2.28. The fourth-order valence-corrected chi connectivity index (χ4v) is 2.59. The van der Waals surface area contributed by atoms with Gasteiger partial charge >= 0.3 is 0 Å². The lowest BCUT2D eigenvalue weighted by Gasteiger charge is -2.16. The maximum Gasteiger partial charge on any atom is 0.147 e. The number of aromatic nitrogens is 2. The summed E-state index contributed by atoms with van der Waals surface area (Å²) < 4.78 is 6.17. The highest BCUT2D eigenvalue weighted by molar-refractivity contribution is 7.18. The molecule has 0 saturated heterocycles. The molecule has 0 aromatic carbocycles. The normalized spacial score (nSPS) is 12.9. The van der Waals surface area contributed by atoms with Crippen molar-refractivity contribution in [1.29, 1.82) is 0 Å². The Morgan fingerprint density at radius 1 is 1.53 bits per heavy atom. The van der Waals surface area contributed by atoms with E-state index in [1.54, 1.807) is 24.8 Å². The van der Waals surface area contributed by atoms with Crippen LogP contribution in [0.5, 0.6) is 0 Å². The number of rotatable bonds is 5. The molecule has 2 aromatic rings. The lowest BCUT2D eigenvalue weighted by Crippen LogP contribution is -2.33. The monoisotopic (exact) mass is 252 g/mol. The van der Waals surface area contributed by atoms with Crippen molar-refractivity contribution in [3.63, 3.8) is 0 Å². The minimum Gasteiger partial charge on any atom is -0.383 e. The van der Waals surface area contributed by atoms with E-state index in [1.165, 1.54) is 5.56 Å². The third-order valence-corrected chi connectivity index (χ3v) is 3.62. The van der Waals surface area contributed by atoms with E-state index in [0.29, 0.717) is 13.2 Å². The van der Waals surface area contributed by atoms with Crippen LogP contribution in [0.25, 0.3) is 10.2 Å². The summed E-state index contributed by atoms with van der Waals surface area (Å²) in [5.41, 5.74) is 7.85. The zero-order chi connectivity index (χ0) is 12.3. The van der Waals surface area contributed by atoms with E-state index < -0.39 is 0 Å². The van der Waals surface area contributed by atoms with E-state index in [0.717, 1.165) is 16.0 Å². The van der Waals surface area contributed by atoms with Gasteiger partial charge in [0, 0.05) is 13.7 Å². The Hall–Kier alpha value is -1.24. The number of anilines is 1. The van der Waals surface area contributed by atoms with Crippen LogP contribution in [0.3, 0.4) is 0 Å². The van der Waals surface area contributed by atoms with Crippen LogP contribution in [-0.2, 0) is 4.74 Å². The molecule has 0 amide bonds. The fraction of sp³-hybridized carbons (Fsp3) is 0.455. The summed E-state index contributed by atoms with van der Waals surface area (Å²) in [6.07, 6.45) is 1.57. The smallest absolute Gasteiger partial charge is 0.147 e. The maximum atomic E-state index is 5.67. The molecule has 1 unspecified atom stereocenters. The lowest BCUT2D eigenvalue weighted by atomic mass is 10.3. The molecule has 1 atom stereocenters. The van der Waals surface area contributed by atoms with Gasteiger partial charge in [-0.05, 0) is 17.9 Å². The Balaban J connectivity index is 2.29. The van der Waals surface area contributed by atoms with Gasteiger partial charge in [0.1, 0.15) is 12.1 Å². The molecule has 0 saturated carbocycles. The Kier molecular flexibility index (Phi) is 3.88. The number of methoxy groups -OCH3 is 1. The number of nitrogens with one attached hydrogen (secondary N) is 1. The molecule has 2 rings (SSSR count). The van der Waals surface area contributed by atoms with Gasteiger partial charge < -0.3 is 15.8 Å². The summed E-state index contributed by atoms with van der Waals surface area (Å²) in [6.45, 7) is 3.11. The quantitative estimate of drug-likeness (QED) is 0.841. The van der Waals surface area contributed by atoms with Gasteiger partial charge in [-0.1, -0.05) is 0 Å². The van der Waals surface area contributed by atoms with E-state index in [-0.39, 0.29) is 6.04 Å². The van der Waals surface area contributed by atoms with E-state index in [2.05, 4.69) is 20.7 Å². The summed E-state index contributed by atoms with van der Waals surface area (Å²) in [6, 6.07) is 0.0699. The minimum atomic E-state index is 0.0699. The largest absolute Gasteiger partial charge is 0.383 e. The molecule has 6 heteroatoms. The maximum absolute atomic E-state index is 5.67. The topological polar surface area (TPSA) is 73.1 Å². The fourth-order valence-electron chi connectivity index (χ4n) is 1.64. The Bertz CT molecular complexity index is 499. The predicted octanol–water partition coefficient (Wildman–Crippen LogP) is 1.39. The van der Waals surface area contributed by atoms with E-state index in [9.17, 15) is 0 Å². The van der Waals surface area contributed by atoms with Gasteiger partial charge in [-0.15, -0.1) is 11.3 Å². The van der Waals surface area contributed by atoms with Crippen molar-refractivity contribution in [2.75, 3.05) is 25.6 Å². The van der Waals surface area contributed by atoms with E-state index in [4.69, 9.17) is 10.5 Å². The molecule has 0 aliphatic carbocycles. The van der Waals surface area contributed by atoms with Gasteiger partial charge in [-0.3, -0.25) is 0 Å². The minimum absolute atomic E-state index is 0.0699. The third-order valence-electron chi connectivity index (χ3n) is 2.52. The molecule has 0 spiro atoms. The number of hydrogen-bond donors (Lipinski definition) is 2. The van der Waals surface area contributed by atoms with Crippen molar-refractivity contribution < 1.29 is 4.74 Å². The van der Waals surface area contributed by atoms with Crippen LogP contribution < -0.4 is 11.1 Å². The number of ether oxygens (including phenoxy) is 1. The van der Waals surface area contributed by atoms with Crippen molar-refractivity contribution in [2.24, 2.45) is 5.73 Å². The average Bonchev–Trinajstić information content (AvgIpc) is 2.72. The molecule has 92 valence electrons. The Labute approximate surface area is 104 Å². The summed E-state index contributed by atoms with van der Waals surface area (Å²) in [4.78, 5) is 8.54. The summed E-state index contributed by atoms with van der Waals surface area (Å²) in [5.74, 6) is 0.834. The number of nitrogens with two attached hydrogens (primary N) is 1.